The molecule has 36 heavy (non-hydrogen) atoms. The number of aromatic nitrogens is 2. The summed E-state index contributed by atoms with van der Waals surface area (Å²) in [4.78, 5) is 42.5. The van der Waals surface area contributed by atoms with E-state index in [1.807, 2.05) is 0 Å². The van der Waals surface area contributed by atoms with Crippen molar-refractivity contribution in [2.75, 3.05) is 31.1 Å². The maximum Gasteiger partial charge on any atom is 0.471 e. The molecule has 4 rings (SSSR count). The number of pyridine rings is 2. The van der Waals surface area contributed by atoms with E-state index in [0.29, 0.717) is 4.90 Å². The van der Waals surface area contributed by atoms with E-state index >= 15 is 4.39 Å². The molecule has 2 aromatic heterocycles. The molecule has 13 heteroatoms. The predicted molar refractivity (Wildman–Crippen MR) is 119 cm³/mol. The molecule has 0 unspecified atom stereocenters. The van der Waals surface area contributed by atoms with Crippen molar-refractivity contribution in [1.82, 2.24) is 14.5 Å². The Kier molecular flexibility index (Phi) is 6.69. The number of hydrogen-bond donors (Lipinski definition) is 1. The Morgan fingerprint density at radius 3 is 2.42 bits per heavy atom. The average Bonchev–Trinajstić information content (AvgIpc) is 3.58. The quantitative estimate of drug-likeness (QED) is 0.568. The van der Waals surface area contributed by atoms with Crippen LogP contribution in [0.3, 0.4) is 0 Å². The van der Waals surface area contributed by atoms with Gasteiger partial charge in [-0.05, 0) is 32.3 Å². The Hall–Kier alpha value is -3.25. The molecule has 2 aromatic rings. The van der Waals surface area contributed by atoms with Gasteiger partial charge in [-0.1, -0.05) is 6.92 Å². The second-order valence-electron chi connectivity index (χ2n) is 9.10. The molecule has 196 valence electrons. The van der Waals surface area contributed by atoms with Crippen LogP contribution < -0.4 is 10.3 Å². The monoisotopic (exact) mass is 516 g/mol. The largest absolute Gasteiger partial charge is 0.477 e. The fourth-order valence-electron chi connectivity index (χ4n) is 4.84. The van der Waals surface area contributed by atoms with Crippen molar-refractivity contribution in [3.8, 4) is 0 Å². The first-order valence-corrected chi connectivity index (χ1v) is 11.6. The lowest BCUT2D eigenvalue weighted by atomic mass is 10.1. The van der Waals surface area contributed by atoms with Crippen LogP contribution in [0.5, 0.6) is 0 Å². The number of fused-ring (bicyclic) bond motifs is 1. The number of carboxylic acids is 1. The van der Waals surface area contributed by atoms with Gasteiger partial charge in [-0.15, -0.1) is 0 Å². The van der Waals surface area contributed by atoms with Crippen LogP contribution in [0, 0.1) is 11.7 Å². The molecule has 1 N–H and O–H groups in total. The minimum Gasteiger partial charge on any atom is -0.477 e. The number of rotatable bonds is 7. The summed E-state index contributed by atoms with van der Waals surface area (Å²) in [5.74, 6) is -5.76. The van der Waals surface area contributed by atoms with E-state index in [9.17, 15) is 37.1 Å². The highest BCUT2D eigenvalue weighted by Crippen LogP contribution is 2.39. The minimum absolute atomic E-state index is 0.0852. The minimum atomic E-state index is -5.09. The molecule has 1 amide bonds. The third kappa shape index (κ3) is 4.50. The number of halogens is 5. The molecule has 1 aliphatic carbocycles. The molecule has 2 fully saturated rings. The van der Waals surface area contributed by atoms with Crippen molar-refractivity contribution in [2.45, 2.75) is 51.5 Å². The number of hydrogen-bond acceptors (Lipinski definition) is 5. The third-order valence-electron chi connectivity index (χ3n) is 6.70. The van der Waals surface area contributed by atoms with Gasteiger partial charge in [0.2, 0.25) is 5.43 Å². The first-order valence-electron chi connectivity index (χ1n) is 11.6. The fourth-order valence-corrected chi connectivity index (χ4v) is 4.84. The van der Waals surface area contributed by atoms with Crippen molar-refractivity contribution in [1.29, 1.82) is 0 Å². The summed E-state index contributed by atoms with van der Waals surface area (Å²) < 4.78 is 70.2. The van der Waals surface area contributed by atoms with Crippen molar-refractivity contribution < 1.29 is 36.6 Å². The maximum absolute atomic E-state index is 15.1. The van der Waals surface area contributed by atoms with Gasteiger partial charge in [0.15, 0.2) is 11.6 Å². The molecule has 0 bridgehead atoms. The lowest BCUT2D eigenvalue weighted by Gasteiger charge is -2.26. The first-order chi connectivity index (χ1) is 16.9. The van der Waals surface area contributed by atoms with Gasteiger partial charge in [0.05, 0.1) is 11.9 Å². The summed E-state index contributed by atoms with van der Waals surface area (Å²) in [6.45, 7) is 1.71. The van der Waals surface area contributed by atoms with Crippen molar-refractivity contribution in [2.24, 2.45) is 5.92 Å². The summed E-state index contributed by atoms with van der Waals surface area (Å²) in [6, 6.07) is 0.773. The van der Waals surface area contributed by atoms with Crippen LogP contribution in [0.25, 0.3) is 11.0 Å². The predicted octanol–water partition coefficient (Wildman–Crippen LogP) is 3.32. The molecule has 1 saturated carbocycles. The van der Waals surface area contributed by atoms with E-state index in [-0.39, 0.29) is 54.6 Å². The zero-order valence-electron chi connectivity index (χ0n) is 19.6. The number of carbonyl (C=O) groups excluding carboxylic acids is 1. The second kappa shape index (κ2) is 9.32. The fraction of sp³-hybridized carbons (Fsp3) is 0.565. The SMILES string of the molecule is CCc1c(C(=O)O)c(=O)c2cc(F)c(N3C[C@@H](CN(CC)C(=O)C(F)(F)F)[C@@H](F)C3)nc2n1C1CC1. The summed E-state index contributed by atoms with van der Waals surface area (Å²) in [7, 11) is 0. The van der Waals surface area contributed by atoms with Gasteiger partial charge in [0.1, 0.15) is 17.4 Å². The zero-order chi connectivity index (χ0) is 26.5. The summed E-state index contributed by atoms with van der Waals surface area (Å²) >= 11 is 0. The normalized spacial score (nSPS) is 20.2. The van der Waals surface area contributed by atoms with Crippen molar-refractivity contribution in [3.63, 3.8) is 0 Å². The average molecular weight is 516 g/mol. The number of amides is 1. The highest BCUT2D eigenvalue weighted by molar-refractivity contribution is 5.94. The molecule has 0 aromatic carbocycles. The topological polar surface area (TPSA) is 95.7 Å². The molecular formula is C23H25F5N4O4. The Bertz CT molecular complexity index is 1270. The van der Waals surface area contributed by atoms with E-state index in [1.165, 1.54) is 11.8 Å². The van der Waals surface area contributed by atoms with Gasteiger partial charge >= 0.3 is 18.1 Å². The Morgan fingerprint density at radius 1 is 1.22 bits per heavy atom. The van der Waals surface area contributed by atoms with Crippen LogP contribution in [-0.4, -0.2) is 70.0 Å². The summed E-state index contributed by atoms with van der Waals surface area (Å²) in [6.07, 6.45) is -5.09. The van der Waals surface area contributed by atoms with Crippen LogP contribution in [-0.2, 0) is 11.2 Å². The number of aromatic carboxylic acids is 1. The zero-order valence-corrected chi connectivity index (χ0v) is 19.6. The second-order valence-corrected chi connectivity index (χ2v) is 9.10. The number of anilines is 1. The molecule has 2 atom stereocenters. The number of carbonyl (C=O) groups is 2. The van der Waals surface area contributed by atoms with E-state index in [2.05, 4.69) is 4.98 Å². The van der Waals surface area contributed by atoms with E-state index in [0.717, 1.165) is 18.9 Å². The number of nitrogens with zero attached hydrogens (tertiary/aromatic N) is 4. The lowest BCUT2D eigenvalue weighted by molar-refractivity contribution is -0.186. The van der Waals surface area contributed by atoms with Gasteiger partial charge in [-0.25, -0.2) is 18.6 Å². The van der Waals surface area contributed by atoms with Gasteiger partial charge < -0.3 is 19.5 Å². The van der Waals surface area contributed by atoms with Crippen LogP contribution in [0.2, 0.25) is 0 Å². The molecule has 0 spiro atoms. The molecular weight excluding hydrogens is 491 g/mol. The standard InChI is InChI=1S/C23H25F5N4O4/c1-3-16-17(21(34)35)18(33)13-7-14(24)20(29-19(13)32(16)12-5-6-12)31-9-11(15(25)10-31)8-30(4-2)22(36)23(26,27)28/h7,11-12,15H,3-6,8-10H2,1-2H3,(H,34,35)/t11-,15+/m1/s1. The lowest BCUT2D eigenvalue weighted by Crippen LogP contribution is -2.44. The highest BCUT2D eigenvalue weighted by Gasteiger charge is 2.44. The summed E-state index contributed by atoms with van der Waals surface area (Å²) in [5.41, 5.74) is -0.956. The van der Waals surface area contributed by atoms with Crippen LogP contribution in [0.15, 0.2) is 10.9 Å². The van der Waals surface area contributed by atoms with Crippen LogP contribution >= 0.6 is 0 Å². The van der Waals surface area contributed by atoms with Gasteiger partial charge in [0.25, 0.3) is 0 Å². The molecule has 1 aliphatic heterocycles. The Morgan fingerprint density at radius 2 is 1.89 bits per heavy atom. The van der Waals surface area contributed by atoms with Crippen LogP contribution in [0.1, 0.15) is 48.8 Å². The highest BCUT2D eigenvalue weighted by atomic mass is 19.4. The van der Waals surface area contributed by atoms with E-state index in [1.54, 1.807) is 11.5 Å². The molecule has 0 radical (unpaired) electrons. The molecule has 3 heterocycles. The number of alkyl halides is 4. The van der Waals surface area contributed by atoms with Gasteiger partial charge in [-0.2, -0.15) is 13.2 Å². The maximum atomic E-state index is 15.1. The summed E-state index contributed by atoms with van der Waals surface area (Å²) in [5, 5.41) is 9.41. The first kappa shape index (κ1) is 25.8. The van der Waals surface area contributed by atoms with E-state index < -0.39 is 53.5 Å². The number of carboxylic acid groups (broad SMARTS) is 1. The Balaban J connectivity index is 1.73. The van der Waals surface area contributed by atoms with Gasteiger partial charge in [-0.3, -0.25) is 9.59 Å². The van der Waals surface area contributed by atoms with E-state index in [4.69, 9.17) is 0 Å². The van der Waals surface area contributed by atoms with Crippen LogP contribution in [0.4, 0.5) is 27.8 Å². The molecule has 8 nitrogen and oxygen atoms in total. The van der Waals surface area contributed by atoms with Gasteiger partial charge in [0, 0.05) is 37.3 Å². The molecule has 1 saturated heterocycles. The van der Waals surface area contributed by atoms with Crippen molar-refractivity contribution >= 4 is 28.7 Å². The Labute approximate surface area is 202 Å². The molecule has 2 aliphatic rings. The smallest absolute Gasteiger partial charge is 0.471 e. The third-order valence-corrected chi connectivity index (χ3v) is 6.70. The van der Waals surface area contributed by atoms with Crippen molar-refractivity contribution in [3.05, 3.63) is 33.4 Å².